The second-order valence-corrected chi connectivity index (χ2v) is 4.67. The zero-order valence-corrected chi connectivity index (χ0v) is 9.05. The predicted octanol–water partition coefficient (Wildman–Crippen LogP) is 1.66. The van der Waals surface area contributed by atoms with Crippen molar-refractivity contribution >= 4 is 11.3 Å². The molecule has 0 aliphatic carbocycles. The van der Waals surface area contributed by atoms with Gasteiger partial charge < -0.3 is 10.1 Å². The maximum atomic E-state index is 5.65. The predicted molar refractivity (Wildman–Crippen MR) is 57.4 cm³/mol. The van der Waals surface area contributed by atoms with Gasteiger partial charge >= 0.3 is 0 Å². The van der Waals surface area contributed by atoms with Gasteiger partial charge in [0, 0.05) is 12.7 Å². The van der Waals surface area contributed by atoms with E-state index >= 15 is 0 Å². The van der Waals surface area contributed by atoms with Crippen molar-refractivity contribution in [3.63, 3.8) is 0 Å². The molecule has 1 aromatic rings. The standard InChI is InChI=1S/C10H16N2OS/c1-2-9(4-11-3-1)6-13-7-10-5-12-8-14-10/h5,8-9,11H,1-4,6-7H2/t9-/m1/s1. The van der Waals surface area contributed by atoms with Gasteiger partial charge in [0.2, 0.25) is 0 Å². The van der Waals surface area contributed by atoms with Gasteiger partial charge in [-0.3, -0.25) is 4.98 Å². The second kappa shape index (κ2) is 5.44. The highest BCUT2D eigenvalue weighted by molar-refractivity contribution is 7.09. The molecule has 0 saturated carbocycles. The molecule has 0 spiro atoms. The van der Waals surface area contributed by atoms with Gasteiger partial charge in [-0.2, -0.15) is 0 Å². The van der Waals surface area contributed by atoms with Crippen molar-refractivity contribution < 1.29 is 4.74 Å². The first-order chi connectivity index (χ1) is 6.95. The van der Waals surface area contributed by atoms with E-state index in [-0.39, 0.29) is 0 Å². The summed E-state index contributed by atoms with van der Waals surface area (Å²) in [6.07, 6.45) is 4.47. The number of aromatic nitrogens is 1. The molecule has 0 amide bonds. The number of ether oxygens (including phenoxy) is 1. The monoisotopic (exact) mass is 212 g/mol. The minimum atomic E-state index is 0.705. The lowest BCUT2D eigenvalue weighted by Crippen LogP contribution is -2.32. The van der Waals surface area contributed by atoms with Crippen LogP contribution in [0.2, 0.25) is 0 Å². The van der Waals surface area contributed by atoms with Gasteiger partial charge in [-0.15, -0.1) is 11.3 Å². The molecule has 1 aliphatic heterocycles. The van der Waals surface area contributed by atoms with Crippen molar-refractivity contribution in [1.82, 2.24) is 10.3 Å². The molecule has 1 N–H and O–H groups in total. The number of hydrogen-bond donors (Lipinski definition) is 1. The SMILES string of the molecule is c1ncc(COC[C@@H]2CCCNC2)s1. The minimum Gasteiger partial charge on any atom is -0.376 e. The van der Waals surface area contributed by atoms with E-state index < -0.39 is 0 Å². The molecule has 14 heavy (non-hydrogen) atoms. The summed E-state index contributed by atoms with van der Waals surface area (Å²) in [4.78, 5) is 5.23. The van der Waals surface area contributed by atoms with E-state index in [0.29, 0.717) is 5.92 Å². The molecule has 2 rings (SSSR count). The van der Waals surface area contributed by atoms with Crippen molar-refractivity contribution in [2.45, 2.75) is 19.4 Å². The van der Waals surface area contributed by atoms with E-state index in [4.69, 9.17) is 4.74 Å². The van der Waals surface area contributed by atoms with Crippen LogP contribution in [0.3, 0.4) is 0 Å². The Balaban J connectivity index is 1.62. The van der Waals surface area contributed by atoms with Crippen molar-refractivity contribution in [3.05, 3.63) is 16.6 Å². The van der Waals surface area contributed by atoms with Gasteiger partial charge in [0.25, 0.3) is 0 Å². The van der Waals surface area contributed by atoms with Crippen LogP contribution in [0.5, 0.6) is 0 Å². The number of nitrogens with one attached hydrogen (secondary N) is 1. The highest BCUT2D eigenvalue weighted by Gasteiger charge is 2.12. The topological polar surface area (TPSA) is 34.1 Å². The van der Waals surface area contributed by atoms with E-state index in [1.165, 1.54) is 24.3 Å². The molecule has 0 bridgehead atoms. The molecule has 78 valence electrons. The Morgan fingerprint density at radius 2 is 2.64 bits per heavy atom. The Morgan fingerprint density at radius 1 is 1.64 bits per heavy atom. The lowest BCUT2D eigenvalue weighted by Gasteiger charge is -2.22. The molecule has 1 atom stereocenters. The normalized spacial score (nSPS) is 22.4. The Labute approximate surface area is 88.5 Å². The van der Waals surface area contributed by atoms with Crippen molar-refractivity contribution in [1.29, 1.82) is 0 Å². The van der Waals surface area contributed by atoms with Gasteiger partial charge in [-0.05, 0) is 25.3 Å². The Kier molecular flexibility index (Phi) is 3.91. The summed E-state index contributed by atoms with van der Waals surface area (Å²) in [6, 6.07) is 0. The summed E-state index contributed by atoms with van der Waals surface area (Å²) in [5.41, 5.74) is 1.85. The van der Waals surface area contributed by atoms with E-state index in [2.05, 4.69) is 10.3 Å². The maximum absolute atomic E-state index is 5.65. The summed E-state index contributed by atoms with van der Waals surface area (Å²) in [5, 5.41) is 3.39. The van der Waals surface area contributed by atoms with Crippen molar-refractivity contribution in [3.8, 4) is 0 Å². The molecule has 0 radical (unpaired) electrons. The molecule has 1 saturated heterocycles. The lowest BCUT2D eigenvalue weighted by atomic mass is 10.0. The van der Waals surface area contributed by atoms with E-state index in [1.807, 2.05) is 11.7 Å². The average Bonchev–Trinajstić information content (AvgIpc) is 2.72. The number of nitrogens with zero attached hydrogens (tertiary/aromatic N) is 1. The molecular formula is C10H16N2OS. The zero-order chi connectivity index (χ0) is 9.64. The third kappa shape index (κ3) is 3.04. The summed E-state index contributed by atoms with van der Waals surface area (Å²) in [6.45, 7) is 3.89. The van der Waals surface area contributed by atoms with Crippen LogP contribution < -0.4 is 5.32 Å². The summed E-state index contributed by atoms with van der Waals surface area (Å²) in [5.74, 6) is 0.705. The Morgan fingerprint density at radius 3 is 3.36 bits per heavy atom. The van der Waals surface area contributed by atoms with Crippen LogP contribution in [0.15, 0.2) is 11.7 Å². The molecular weight excluding hydrogens is 196 g/mol. The highest BCUT2D eigenvalue weighted by Crippen LogP contribution is 2.12. The average molecular weight is 212 g/mol. The van der Waals surface area contributed by atoms with Crippen LogP contribution in [0.1, 0.15) is 17.7 Å². The second-order valence-electron chi connectivity index (χ2n) is 3.70. The van der Waals surface area contributed by atoms with Gasteiger partial charge in [0.05, 0.1) is 23.6 Å². The number of piperidine rings is 1. The Hall–Kier alpha value is -0.450. The van der Waals surface area contributed by atoms with E-state index in [1.54, 1.807) is 11.3 Å². The minimum absolute atomic E-state index is 0.705. The van der Waals surface area contributed by atoms with Crippen molar-refractivity contribution in [2.75, 3.05) is 19.7 Å². The highest BCUT2D eigenvalue weighted by atomic mass is 32.1. The molecule has 1 fully saturated rings. The number of hydrogen-bond acceptors (Lipinski definition) is 4. The van der Waals surface area contributed by atoms with Crippen LogP contribution in [0, 0.1) is 5.92 Å². The number of thiazole rings is 1. The fraction of sp³-hybridized carbons (Fsp3) is 0.700. The molecule has 3 nitrogen and oxygen atoms in total. The maximum Gasteiger partial charge on any atom is 0.0825 e. The zero-order valence-electron chi connectivity index (χ0n) is 8.24. The molecule has 4 heteroatoms. The smallest absolute Gasteiger partial charge is 0.0825 e. The first-order valence-corrected chi connectivity index (χ1v) is 5.99. The molecule has 1 aliphatic rings. The summed E-state index contributed by atoms with van der Waals surface area (Å²) < 4.78 is 5.65. The third-order valence-electron chi connectivity index (χ3n) is 2.48. The van der Waals surface area contributed by atoms with Gasteiger partial charge in [-0.1, -0.05) is 0 Å². The van der Waals surface area contributed by atoms with Crippen LogP contribution in [-0.2, 0) is 11.3 Å². The fourth-order valence-electron chi connectivity index (χ4n) is 1.71. The van der Waals surface area contributed by atoms with Crippen LogP contribution >= 0.6 is 11.3 Å². The van der Waals surface area contributed by atoms with Gasteiger partial charge in [-0.25, -0.2) is 0 Å². The van der Waals surface area contributed by atoms with Crippen LogP contribution in [-0.4, -0.2) is 24.7 Å². The van der Waals surface area contributed by atoms with E-state index in [0.717, 1.165) is 19.8 Å². The van der Waals surface area contributed by atoms with E-state index in [9.17, 15) is 0 Å². The largest absolute Gasteiger partial charge is 0.376 e. The van der Waals surface area contributed by atoms with Gasteiger partial charge in [0.1, 0.15) is 0 Å². The quantitative estimate of drug-likeness (QED) is 0.824. The molecule has 0 unspecified atom stereocenters. The third-order valence-corrected chi connectivity index (χ3v) is 3.23. The summed E-state index contributed by atoms with van der Waals surface area (Å²) in [7, 11) is 0. The fourth-order valence-corrected chi connectivity index (χ4v) is 2.24. The van der Waals surface area contributed by atoms with Crippen LogP contribution in [0.4, 0.5) is 0 Å². The first kappa shape index (κ1) is 10.1. The molecule has 2 heterocycles. The summed E-state index contributed by atoms with van der Waals surface area (Å²) >= 11 is 1.66. The lowest BCUT2D eigenvalue weighted by molar-refractivity contribution is 0.0798. The van der Waals surface area contributed by atoms with Crippen LogP contribution in [0.25, 0.3) is 0 Å². The molecule has 1 aromatic heterocycles. The van der Waals surface area contributed by atoms with Gasteiger partial charge in [0.15, 0.2) is 0 Å². The first-order valence-electron chi connectivity index (χ1n) is 5.11. The van der Waals surface area contributed by atoms with Crippen molar-refractivity contribution in [2.24, 2.45) is 5.92 Å². The Bertz CT molecular complexity index is 245. The number of rotatable bonds is 4. The molecule has 0 aromatic carbocycles.